The van der Waals surface area contributed by atoms with E-state index in [0.717, 1.165) is 19.4 Å². The molecule has 0 aromatic rings. The summed E-state index contributed by atoms with van der Waals surface area (Å²) in [6.07, 6.45) is 1.73. The summed E-state index contributed by atoms with van der Waals surface area (Å²) in [5.41, 5.74) is 5.38. The highest BCUT2D eigenvalue weighted by molar-refractivity contribution is 5.82. The third kappa shape index (κ3) is 5.09. The van der Waals surface area contributed by atoms with E-state index < -0.39 is 0 Å². The van der Waals surface area contributed by atoms with Gasteiger partial charge in [-0.25, -0.2) is 0 Å². The monoisotopic (exact) mass is 284 g/mol. The predicted molar refractivity (Wildman–Crippen MR) is 79.1 cm³/mol. The predicted octanol–water partition coefficient (Wildman–Crippen LogP) is -0.360. The average Bonchev–Trinajstić information content (AvgIpc) is 2.44. The lowest BCUT2D eigenvalue weighted by Gasteiger charge is -2.33. The van der Waals surface area contributed by atoms with Crippen LogP contribution in [0.5, 0.6) is 0 Å². The van der Waals surface area contributed by atoms with Gasteiger partial charge in [0.05, 0.1) is 12.5 Å². The molecule has 0 saturated carbocycles. The van der Waals surface area contributed by atoms with Crippen molar-refractivity contribution in [3.63, 3.8) is 0 Å². The molecule has 3 N–H and O–H groups in total. The Kier molecular flexibility index (Phi) is 6.95. The maximum absolute atomic E-state index is 12.2. The molecule has 6 nitrogen and oxygen atoms in total. The number of likely N-dealkylation sites (tertiary alicyclic amines) is 1. The molecule has 1 fully saturated rings. The first-order chi connectivity index (χ1) is 9.45. The van der Waals surface area contributed by atoms with E-state index in [2.05, 4.69) is 19.2 Å². The summed E-state index contributed by atoms with van der Waals surface area (Å²) in [4.78, 5) is 28.0. The van der Waals surface area contributed by atoms with E-state index in [0.29, 0.717) is 32.2 Å². The Morgan fingerprint density at radius 3 is 2.75 bits per heavy atom. The molecule has 1 unspecified atom stereocenters. The van der Waals surface area contributed by atoms with E-state index in [1.165, 1.54) is 0 Å². The van der Waals surface area contributed by atoms with Gasteiger partial charge in [0.2, 0.25) is 11.8 Å². The fourth-order valence-electron chi connectivity index (χ4n) is 2.25. The zero-order valence-corrected chi connectivity index (χ0v) is 12.9. The number of amides is 2. The van der Waals surface area contributed by atoms with Crippen molar-refractivity contribution in [1.29, 1.82) is 0 Å². The number of piperidine rings is 1. The van der Waals surface area contributed by atoms with Crippen molar-refractivity contribution in [2.24, 2.45) is 11.7 Å². The van der Waals surface area contributed by atoms with Gasteiger partial charge in [-0.2, -0.15) is 0 Å². The van der Waals surface area contributed by atoms with Crippen molar-refractivity contribution in [3.8, 4) is 0 Å². The highest BCUT2D eigenvalue weighted by Crippen LogP contribution is 2.17. The molecule has 1 saturated heterocycles. The molecule has 116 valence electrons. The van der Waals surface area contributed by atoms with Gasteiger partial charge in [-0.05, 0) is 33.7 Å². The second-order valence-electron chi connectivity index (χ2n) is 5.77. The number of hydrogen-bond donors (Lipinski definition) is 2. The summed E-state index contributed by atoms with van der Waals surface area (Å²) < 4.78 is 0. The minimum Gasteiger partial charge on any atom is -0.355 e. The number of nitrogens with two attached hydrogens (primary N) is 1. The summed E-state index contributed by atoms with van der Waals surface area (Å²) in [6, 6.07) is 0.340. The van der Waals surface area contributed by atoms with Crippen LogP contribution in [-0.2, 0) is 9.59 Å². The maximum Gasteiger partial charge on any atom is 0.236 e. The van der Waals surface area contributed by atoms with Gasteiger partial charge >= 0.3 is 0 Å². The molecular weight excluding hydrogens is 256 g/mol. The average molecular weight is 284 g/mol. The van der Waals surface area contributed by atoms with E-state index >= 15 is 0 Å². The fraction of sp³-hybridized carbons (Fsp3) is 0.857. The van der Waals surface area contributed by atoms with E-state index in [-0.39, 0.29) is 17.7 Å². The first kappa shape index (κ1) is 16.9. The largest absolute Gasteiger partial charge is 0.355 e. The Labute approximate surface area is 121 Å². The lowest BCUT2D eigenvalue weighted by atomic mass is 9.97. The van der Waals surface area contributed by atoms with Gasteiger partial charge in [0, 0.05) is 32.2 Å². The van der Waals surface area contributed by atoms with Crippen LogP contribution in [-0.4, -0.2) is 67.4 Å². The molecule has 0 aromatic heterocycles. The van der Waals surface area contributed by atoms with E-state index in [1.54, 1.807) is 0 Å². The molecule has 2 amide bonds. The smallest absolute Gasteiger partial charge is 0.236 e. The standard InChI is InChI=1S/C14H28N4O2/c1-11(2)17(3)10-13(19)18-8-4-5-12(9-18)14(20)16-7-6-15/h11-12H,4-10,15H2,1-3H3,(H,16,20). The molecule has 0 radical (unpaired) electrons. The van der Waals surface area contributed by atoms with Crippen LogP contribution < -0.4 is 11.1 Å². The quantitative estimate of drug-likeness (QED) is 0.698. The van der Waals surface area contributed by atoms with E-state index in [4.69, 9.17) is 5.73 Å². The Hall–Kier alpha value is -1.14. The van der Waals surface area contributed by atoms with Gasteiger partial charge < -0.3 is 16.0 Å². The summed E-state index contributed by atoms with van der Waals surface area (Å²) in [5, 5.41) is 2.81. The summed E-state index contributed by atoms with van der Waals surface area (Å²) >= 11 is 0. The molecule has 0 bridgehead atoms. The highest BCUT2D eigenvalue weighted by Gasteiger charge is 2.28. The van der Waals surface area contributed by atoms with Crippen LogP contribution in [0.15, 0.2) is 0 Å². The molecule has 1 heterocycles. The zero-order chi connectivity index (χ0) is 15.1. The summed E-state index contributed by atoms with van der Waals surface area (Å²) in [6.45, 7) is 6.76. The second-order valence-corrected chi connectivity index (χ2v) is 5.77. The highest BCUT2D eigenvalue weighted by atomic mass is 16.2. The van der Waals surface area contributed by atoms with Gasteiger partial charge in [0.1, 0.15) is 0 Å². The molecule has 0 aromatic carbocycles. The van der Waals surface area contributed by atoms with Gasteiger partial charge in [0.15, 0.2) is 0 Å². The van der Waals surface area contributed by atoms with Crippen molar-refractivity contribution in [2.75, 3.05) is 39.8 Å². The van der Waals surface area contributed by atoms with Crippen LogP contribution in [0, 0.1) is 5.92 Å². The third-order valence-electron chi connectivity index (χ3n) is 3.85. The van der Waals surface area contributed by atoms with Crippen molar-refractivity contribution in [2.45, 2.75) is 32.7 Å². The number of hydrogen-bond acceptors (Lipinski definition) is 4. The number of nitrogens with zero attached hydrogens (tertiary/aromatic N) is 2. The van der Waals surface area contributed by atoms with Crippen molar-refractivity contribution >= 4 is 11.8 Å². The lowest BCUT2D eigenvalue weighted by molar-refractivity contribution is -0.136. The molecular formula is C14H28N4O2. The Bertz CT molecular complexity index is 333. The number of carbonyl (C=O) groups excluding carboxylic acids is 2. The van der Waals surface area contributed by atoms with E-state index in [9.17, 15) is 9.59 Å². The van der Waals surface area contributed by atoms with Crippen LogP contribution in [0.2, 0.25) is 0 Å². The lowest BCUT2D eigenvalue weighted by Crippen LogP contribution is -2.49. The van der Waals surface area contributed by atoms with Crippen molar-refractivity contribution in [1.82, 2.24) is 15.1 Å². The van der Waals surface area contributed by atoms with Crippen LogP contribution in [0.3, 0.4) is 0 Å². The molecule has 6 heteroatoms. The summed E-state index contributed by atoms with van der Waals surface area (Å²) in [7, 11) is 1.94. The van der Waals surface area contributed by atoms with Gasteiger partial charge in [-0.3, -0.25) is 14.5 Å². The Balaban J connectivity index is 2.47. The fourth-order valence-corrected chi connectivity index (χ4v) is 2.25. The molecule has 1 aliphatic rings. The maximum atomic E-state index is 12.2. The topological polar surface area (TPSA) is 78.7 Å². The SMILES string of the molecule is CC(C)N(C)CC(=O)N1CCCC(C(=O)NCCN)C1. The Morgan fingerprint density at radius 2 is 2.15 bits per heavy atom. The van der Waals surface area contributed by atoms with Crippen molar-refractivity contribution < 1.29 is 9.59 Å². The molecule has 1 atom stereocenters. The molecule has 1 aliphatic heterocycles. The zero-order valence-electron chi connectivity index (χ0n) is 12.9. The van der Waals surface area contributed by atoms with Crippen LogP contribution in [0.1, 0.15) is 26.7 Å². The summed E-state index contributed by atoms with van der Waals surface area (Å²) in [5.74, 6) is 0.0336. The minimum absolute atomic E-state index is 0.0187. The third-order valence-corrected chi connectivity index (χ3v) is 3.85. The number of nitrogens with one attached hydrogen (secondary N) is 1. The van der Waals surface area contributed by atoms with Crippen molar-refractivity contribution in [3.05, 3.63) is 0 Å². The molecule has 0 spiro atoms. The number of likely N-dealkylation sites (N-methyl/N-ethyl adjacent to an activating group) is 1. The van der Waals surface area contributed by atoms with Gasteiger partial charge in [0.25, 0.3) is 0 Å². The van der Waals surface area contributed by atoms with E-state index in [1.807, 2.05) is 16.8 Å². The first-order valence-electron chi connectivity index (χ1n) is 7.41. The molecule has 0 aliphatic carbocycles. The van der Waals surface area contributed by atoms with Gasteiger partial charge in [-0.1, -0.05) is 0 Å². The first-order valence-corrected chi connectivity index (χ1v) is 7.41. The second kappa shape index (κ2) is 8.21. The molecule has 20 heavy (non-hydrogen) atoms. The normalized spacial score (nSPS) is 19.5. The Morgan fingerprint density at radius 1 is 1.45 bits per heavy atom. The number of carbonyl (C=O) groups is 2. The van der Waals surface area contributed by atoms with Crippen LogP contribution in [0.4, 0.5) is 0 Å². The molecule has 1 rings (SSSR count). The minimum atomic E-state index is -0.0939. The van der Waals surface area contributed by atoms with Crippen LogP contribution >= 0.6 is 0 Å². The number of rotatable bonds is 6. The van der Waals surface area contributed by atoms with Gasteiger partial charge in [-0.15, -0.1) is 0 Å². The van der Waals surface area contributed by atoms with Crippen LogP contribution in [0.25, 0.3) is 0 Å².